The van der Waals surface area contributed by atoms with Gasteiger partial charge >= 0.3 is 0 Å². The highest BCUT2D eigenvalue weighted by Gasteiger charge is 2.25. The van der Waals surface area contributed by atoms with Crippen LogP contribution >= 0.6 is 11.6 Å². The number of amides is 2. The molecule has 0 aromatic heterocycles. The molecule has 0 bridgehead atoms. The van der Waals surface area contributed by atoms with Crippen molar-refractivity contribution in [3.8, 4) is 0 Å². The lowest BCUT2D eigenvalue weighted by Gasteiger charge is -2.35. The Morgan fingerprint density at radius 2 is 1.88 bits per heavy atom. The molecule has 0 aliphatic carbocycles. The first kappa shape index (κ1) is 18.7. The molecular weight excluding hydrogens is 328 g/mol. The normalized spacial score (nSPS) is 16.7. The van der Waals surface area contributed by atoms with Crippen molar-refractivity contribution in [3.05, 3.63) is 29.3 Å². The number of halogens is 1. The maximum Gasteiger partial charge on any atom is 0.238 e. The number of piperazine rings is 1. The van der Waals surface area contributed by atoms with Gasteiger partial charge in [-0.25, -0.2) is 0 Å². The van der Waals surface area contributed by atoms with Crippen molar-refractivity contribution in [2.75, 3.05) is 51.6 Å². The Morgan fingerprint density at radius 3 is 2.50 bits per heavy atom. The van der Waals surface area contributed by atoms with Gasteiger partial charge in [-0.1, -0.05) is 30.7 Å². The molecule has 1 aromatic carbocycles. The molecule has 1 saturated heterocycles. The molecule has 2 rings (SSSR count). The van der Waals surface area contributed by atoms with E-state index in [0.717, 1.165) is 0 Å². The first-order valence-electron chi connectivity index (χ1n) is 8.21. The molecular formula is C17H25ClN4O2. The third kappa shape index (κ3) is 5.19. The van der Waals surface area contributed by atoms with Crippen LogP contribution in [-0.2, 0) is 9.59 Å². The topological polar surface area (TPSA) is 64.7 Å². The Hall–Kier alpha value is -1.63. The molecule has 7 heteroatoms. The average molecular weight is 353 g/mol. The summed E-state index contributed by atoms with van der Waals surface area (Å²) < 4.78 is 0. The van der Waals surface area contributed by atoms with Gasteiger partial charge < -0.3 is 15.5 Å². The van der Waals surface area contributed by atoms with E-state index < -0.39 is 0 Å². The van der Waals surface area contributed by atoms with Crippen LogP contribution < -0.4 is 10.6 Å². The van der Waals surface area contributed by atoms with E-state index in [-0.39, 0.29) is 17.7 Å². The van der Waals surface area contributed by atoms with E-state index in [2.05, 4.69) is 15.5 Å². The standard InChI is InChI=1S/C17H25ClN4O2/c1-13(11-19-2)17(24)22-9-7-21(8-10-22)12-16(23)20-15-6-4-3-5-14(15)18/h3-6,13,19H,7-12H2,1-2H3,(H,20,23). The van der Waals surface area contributed by atoms with Gasteiger partial charge in [0.2, 0.25) is 11.8 Å². The molecule has 1 aliphatic heterocycles. The monoisotopic (exact) mass is 352 g/mol. The van der Waals surface area contributed by atoms with Gasteiger partial charge in [0.1, 0.15) is 0 Å². The second-order valence-corrected chi connectivity index (χ2v) is 6.50. The number of nitrogens with one attached hydrogen (secondary N) is 2. The molecule has 1 aliphatic rings. The van der Waals surface area contributed by atoms with Gasteiger partial charge in [0, 0.05) is 38.6 Å². The minimum absolute atomic E-state index is 0.0231. The fourth-order valence-corrected chi connectivity index (χ4v) is 2.97. The van der Waals surface area contributed by atoms with Gasteiger partial charge in [-0.15, -0.1) is 0 Å². The molecule has 0 saturated carbocycles. The van der Waals surface area contributed by atoms with E-state index in [1.807, 2.05) is 31.0 Å². The number of hydrogen-bond acceptors (Lipinski definition) is 4. The number of benzene rings is 1. The third-order valence-corrected chi connectivity index (χ3v) is 4.46. The van der Waals surface area contributed by atoms with E-state index in [4.69, 9.17) is 11.6 Å². The van der Waals surface area contributed by atoms with Gasteiger partial charge in [-0.3, -0.25) is 14.5 Å². The van der Waals surface area contributed by atoms with Crippen molar-refractivity contribution in [2.24, 2.45) is 5.92 Å². The Kier molecular flexibility index (Phi) is 7.02. The smallest absolute Gasteiger partial charge is 0.238 e. The highest BCUT2D eigenvalue weighted by molar-refractivity contribution is 6.33. The SMILES string of the molecule is CNCC(C)C(=O)N1CCN(CC(=O)Nc2ccccc2Cl)CC1. The van der Waals surface area contributed by atoms with Crippen molar-refractivity contribution in [1.29, 1.82) is 0 Å². The van der Waals surface area contributed by atoms with Crippen molar-refractivity contribution >= 4 is 29.1 Å². The van der Waals surface area contributed by atoms with Crippen LogP contribution in [0.5, 0.6) is 0 Å². The van der Waals surface area contributed by atoms with Crippen LogP contribution in [-0.4, -0.2) is 67.9 Å². The maximum atomic E-state index is 12.3. The van der Waals surface area contributed by atoms with Gasteiger partial charge in [-0.05, 0) is 19.2 Å². The molecule has 1 atom stereocenters. The zero-order valence-corrected chi connectivity index (χ0v) is 15.0. The largest absolute Gasteiger partial charge is 0.340 e. The number of carbonyl (C=O) groups is 2. The van der Waals surface area contributed by atoms with Gasteiger partial charge in [0.25, 0.3) is 0 Å². The Labute approximate surface area is 148 Å². The molecule has 24 heavy (non-hydrogen) atoms. The second kappa shape index (κ2) is 9.01. The summed E-state index contributed by atoms with van der Waals surface area (Å²) in [6, 6.07) is 7.18. The molecule has 6 nitrogen and oxygen atoms in total. The van der Waals surface area contributed by atoms with Crippen LogP contribution in [0.1, 0.15) is 6.92 Å². The summed E-state index contributed by atoms with van der Waals surface area (Å²) in [6.45, 7) is 5.64. The fourth-order valence-electron chi connectivity index (χ4n) is 2.79. The quantitative estimate of drug-likeness (QED) is 0.809. The van der Waals surface area contributed by atoms with Crippen LogP contribution in [0.3, 0.4) is 0 Å². The summed E-state index contributed by atoms with van der Waals surface area (Å²) in [4.78, 5) is 28.3. The van der Waals surface area contributed by atoms with Gasteiger partial charge in [-0.2, -0.15) is 0 Å². The number of nitrogens with zero attached hydrogens (tertiary/aromatic N) is 2. The maximum absolute atomic E-state index is 12.3. The molecule has 1 unspecified atom stereocenters. The Bertz CT molecular complexity index is 573. The van der Waals surface area contributed by atoms with Crippen molar-refractivity contribution in [2.45, 2.75) is 6.92 Å². The number of carbonyl (C=O) groups excluding carboxylic acids is 2. The summed E-state index contributed by atoms with van der Waals surface area (Å²) in [5.41, 5.74) is 0.624. The molecule has 1 aromatic rings. The number of anilines is 1. The summed E-state index contributed by atoms with van der Waals surface area (Å²) in [5.74, 6) is 0.0565. The molecule has 2 amide bonds. The molecule has 0 spiro atoms. The molecule has 0 radical (unpaired) electrons. The molecule has 1 heterocycles. The zero-order chi connectivity index (χ0) is 17.5. The van der Waals surface area contributed by atoms with E-state index in [1.165, 1.54) is 0 Å². The van der Waals surface area contributed by atoms with Gasteiger partial charge in [0.15, 0.2) is 0 Å². The average Bonchev–Trinajstić information content (AvgIpc) is 2.57. The summed E-state index contributed by atoms with van der Waals surface area (Å²) in [5, 5.41) is 6.38. The lowest BCUT2D eigenvalue weighted by atomic mass is 10.1. The second-order valence-electron chi connectivity index (χ2n) is 6.09. The fraction of sp³-hybridized carbons (Fsp3) is 0.529. The molecule has 1 fully saturated rings. The Balaban J connectivity index is 1.77. The van der Waals surface area contributed by atoms with Crippen LogP contribution in [0.2, 0.25) is 5.02 Å². The van der Waals surface area contributed by atoms with Crippen molar-refractivity contribution in [3.63, 3.8) is 0 Å². The minimum atomic E-state index is -0.0913. The Morgan fingerprint density at radius 1 is 1.21 bits per heavy atom. The molecule has 2 N–H and O–H groups in total. The highest BCUT2D eigenvalue weighted by atomic mass is 35.5. The first-order chi connectivity index (χ1) is 11.5. The summed E-state index contributed by atoms with van der Waals surface area (Å²) in [7, 11) is 1.85. The van der Waals surface area contributed by atoms with E-state index >= 15 is 0 Å². The van der Waals surface area contributed by atoms with E-state index in [0.29, 0.717) is 50.0 Å². The predicted molar refractivity (Wildman–Crippen MR) is 96.2 cm³/mol. The highest BCUT2D eigenvalue weighted by Crippen LogP contribution is 2.20. The zero-order valence-electron chi connectivity index (χ0n) is 14.2. The van der Waals surface area contributed by atoms with Crippen LogP contribution in [0.25, 0.3) is 0 Å². The lowest BCUT2D eigenvalue weighted by Crippen LogP contribution is -2.52. The minimum Gasteiger partial charge on any atom is -0.340 e. The van der Waals surface area contributed by atoms with E-state index in [1.54, 1.807) is 12.1 Å². The lowest BCUT2D eigenvalue weighted by molar-refractivity contribution is -0.136. The van der Waals surface area contributed by atoms with Crippen LogP contribution in [0.4, 0.5) is 5.69 Å². The van der Waals surface area contributed by atoms with E-state index in [9.17, 15) is 9.59 Å². The van der Waals surface area contributed by atoms with Crippen molar-refractivity contribution in [1.82, 2.24) is 15.1 Å². The summed E-state index contributed by atoms with van der Waals surface area (Å²) in [6.07, 6.45) is 0. The van der Waals surface area contributed by atoms with Crippen LogP contribution in [0.15, 0.2) is 24.3 Å². The number of hydrogen-bond donors (Lipinski definition) is 2. The first-order valence-corrected chi connectivity index (χ1v) is 8.59. The third-order valence-electron chi connectivity index (χ3n) is 4.13. The molecule has 132 valence electrons. The van der Waals surface area contributed by atoms with Gasteiger partial charge in [0.05, 0.1) is 17.3 Å². The number of para-hydroxylation sites is 1. The van der Waals surface area contributed by atoms with Crippen LogP contribution in [0, 0.1) is 5.92 Å². The summed E-state index contributed by atoms with van der Waals surface area (Å²) >= 11 is 6.04. The predicted octanol–water partition coefficient (Wildman–Crippen LogP) is 1.28. The number of rotatable bonds is 6. The van der Waals surface area contributed by atoms with Crippen molar-refractivity contribution < 1.29 is 9.59 Å².